The molecule has 0 aromatic heterocycles. The number of rotatable bonds is 2. The first-order valence-corrected chi connectivity index (χ1v) is 10.3. The molecule has 7 heteroatoms. The fourth-order valence-corrected chi connectivity index (χ4v) is 5.05. The minimum atomic E-state index is -3.71. The molecular weight excluding hydrogens is 404 g/mol. The number of amides is 1. The maximum absolute atomic E-state index is 12.9. The van der Waals surface area contributed by atoms with Gasteiger partial charge in [-0.15, -0.1) is 0 Å². The molecule has 0 saturated carbocycles. The zero-order valence-corrected chi connectivity index (χ0v) is 16.0. The molecule has 0 radical (unpaired) electrons. The van der Waals surface area contributed by atoms with Gasteiger partial charge in [0.2, 0.25) is 10.0 Å². The number of carbonyl (C=O) groups excluding carboxylic acids is 1. The summed E-state index contributed by atoms with van der Waals surface area (Å²) in [5.74, 6) is 0.0453. The lowest BCUT2D eigenvalue weighted by atomic mass is 10.1. The number of sulfonamides is 1. The summed E-state index contributed by atoms with van der Waals surface area (Å²) in [5, 5.41) is 5.22. The highest BCUT2D eigenvalue weighted by Gasteiger charge is 2.37. The lowest BCUT2D eigenvalue weighted by molar-refractivity contribution is 0.0710. The molecule has 1 atom stereocenters. The number of hydrogen-bond acceptors (Lipinski definition) is 3. The van der Waals surface area contributed by atoms with Gasteiger partial charge in [-0.1, -0.05) is 22.0 Å². The summed E-state index contributed by atoms with van der Waals surface area (Å²) >= 11 is 3.56. The van der Waals surface area contributed by atoms with E-state index in [1.807, 2.05) is 30.0 Å². The van der Waals surface area contributed by atoms with Gasteiger partial charge in [-0.25, -0.2) is 13.6 Å². The Morgan fingerprint density at radius 3 is 2.60 bits per heavy atom. The Bertz CT molecular complexity index is 1020. The molecular formula is C18H17BrN2O3S. The molecule has 0 saturated heterocycles. The fourth-order valence-electron chi connectivity index (χ4n) is 3.78. The van der Waals surface area contributed by atoms with Crippen LogP contribution in [0, 0.1) is 6.92 Å². The molecule has 1 aliphatic heterocycles. The van der Waals surface area contributed by atoms with E-state index in [1.165, 1.54) is 6.07 Å². The number of fused-ring (bicyclic) bond motifs is 2. The van der Waals surface area contributed by atoms with Crippen molar-refractivity contribution in [3.63, 3.8) is 0 Å². The maximum atomic E-state index is 12.9. The van der Waals surface area contributed by atoms with Crippen LogP contribution >= 0.6 is 15.9 Å². The summed E-state index contributed by atoms with van der Waals surface area (Å²) in [7, 11) is -3.71. The number of primary sulfonamides is 1. The summed E-state index contributed by atoms with van der Waals surface area (Å²) in [5.41, 5.74) is 4.87. The van der Waals surface area contributed by atoms with Crippen LogP contribution in [-0.2, 0) is 29.4 Å². The standard InChI is InChI=1S/C18H17BrN2O3S/c1-10-4-15-16(17(19)5-10)9-21(18(15)22)13-6-11-2-3-14(25(20,23)24)8-12(11)7-13/h2-5,8,13H,6-7,9H2,1H3,(H2,20,23,24). The van der Waals surface area contributed by atoms with E-state index in [2.05, 4.69) is 15.9 Å². The van der Waals surface area contributed by atoms with E-state index in [0.29, 0.717) is 13.0 Å². The van der Waals surface area contributed by atoms with Crippen molar-refractivity contribution in [1.29, 1.82) is 0 Å². The van der Waals surface area contributed by atoms with Gasteiger partial charge >= 0.3 is 0 Å². The fraction of sp³-hybridized carbons (Fsp3) is 0.278. The summed E-state index contributed by atoms with van der Waals surface area (Å²) in [4.78, 5) is 14.9. The van der Waals surface area contributed by atoms with Gasteiger partial charge in [-0.05, 0) is 66.3 Å². The van der Waals surface area contributed by atoms with Crippen molar-refractivity contribution in [2.45, 2.75) is 37.2 Å². The van der Waals surface area contributed by atoms with E-state index in [4.69, 9.17) is 5.14 Å². The van der Waals surface area contributed by atoms with E-state index < -0.39 is 10.0 Å². The molecule has 0 spiro atoms. The smallest absolute Gasteiger partial charge is 0.254 e. The largest absolute Gasteiger partial charge is 0.331 e. The van der Waals surface area contributed by atoms with E-state index in [1.54, 1.807) is 6.07 Å². The Morgan fingerprint density at radius 2 is 1.88 bits per heavy atom. The van der Waals surface area contributed by atoms with Gasteiger partial charge in [-0.3, -0.25) is 4.79 Å². The third-order valence-electron chi connectivity index (χ3n) is 5.02. The summed E-state index contributed by atoms with van der Waals surface area (Å²) in [6, 6.07) is 8.98. The van der Waals surface area contributed by atoms with Gasteiger partial charge in [0, 0.05) is 22.6 Å². The van der Waals surface area contributed by atoms with Gasteiger partial charge in [-0.2, -0.15) is 0 Å². The molecule has 1 heterocycles. The van der Waals surface area contributed by atoms with E-state index in [9.17, 15) is 13.2 Å². The van der Waals surface area contributed by atoms with Crippen LogP contribution in [0.25, 0.3) is 0 Å². The van der Waals surface area contributed by atoms with Crippen molar-refractivity contribution < 1.29 is 13.2 Å². The van der Waals surface area contributed by atoms with Crippen LogP contribution < -0.4 is 5.14 Å². The highest BCUT2D eigenvalue weighted by Crippen LogP contribution is 2.36. The predicted octanol–water partition coefficient (Wildman–Crippen LogP) is 2.53. The molecule has 1 amide bonds. The molecule has 2 aliphatic rings. The van der Waals surface area contributed by atoms with Crippen molar-refractivity contribution in [3.8, 4) is 0 Å². The highest BCUT2D eigenvalue weighted by molar-refractivity contribution is 9.10. The monoisotopic (exact) mass is 420 g/mol. The number of hydrogen-bond donors (Lipinski definition) is 1. The number of halogens is 1. The van der Waals surface area contributed by atoms with Gasteiger partial charge in [0.25, 0.3) is 5.91 Å². The summed E-state index contributed by atoms with van der Waals surface area (Å²) < 4.78 is 24.1. The minimum Gasteiger partial charge on any atom is -0.331 e. The normalized spacial score (nSPS) is 19.2. The quantitative estimate of drug-likeness (QED) is 0.810. The van der Waals surface area contributed by atoms with Crippen molar-refractivity contribution in [1.82, 2.24) is 4.90 Å². The first kappa shape index (κ1) is 16.8. The second-order valence-electron chi connectivity index (χ2n) is 6.74. The Balaban J connectivity index is 1.63. The van der Waals surface area contributed by atoms with Crippen LogP contribution in [0.5, 0.6) is 0 Å². The lowest BCUT2D eigenvalue weighted by Crippen LogP contribution is -2.36. The molecule has 25 heavy (non-hydrogen) atoms. The van der Waals surface area contributed by atoms with Crippen LogP contribution in [0.3, 0.4) is 0 Å². The first-order chi connectivity index (χ1) is 11.7. The van der Waals surface area contributed by atoms with Gasteiger partial charge in [0.05, 0.1) is 4.90 Å². The third kappa shape index (κ3) is 2.80. The average molecular weight is 421 g/mol. The van der Waals surface area contributed by atoms with Crippen molar-refractivity contribution in [3.05, 3.63) is 62.6 Å². The zero-order valence-electron chi connectivity index (χ0n) is 13.6. The second kappa shape index (κ2) is 5.65. The Kier molecular flexibility index (Phi) is 3.79. The SMILES string of the molecule is Cc1cc(Br)c2c(c1)C(=O)N(C1Cc3ccc(S(N)(=O)=O)cc3C1)C2. The van der Waals surface area contributed by atoms with Gasteiger partial charge < -0.3 is 4.90 Å². The number of aryl methyl sites for hydroxylation is 1. The minimum absolute atomic E-state index is 0.0397. The van der Waals surface area contributed by atoms with Gasteiger partial charge in [0.1, 0.15) is 0 Å². The lowest BCUT2D eigenvalue weighted by Gasteiger charge is -2.23. The number of carbonyl (C=O) groups is 1. The van der Waals surface area contributed by atoms with Gasteiger partial charge in [0.15, 0.2) is 0 Å². The van der Waals surface area contributed by atoms with Crippen LogP contribution in [-0.4, -0.2) is 25.3 Å². The molecule has 2 N–H and O–H groups in total. The van der Waals surface area contributed by atoms with Crippen molar-refractivity contribution >= 4 is 31.9 Å². The topological polar surface area (TPSA) is 80.5 Å². The van der Waals surface area contributed by atoms with Crippen LogP contribution in [0.1, 0.15) is 32.6 Å². The molecule has 4 rings (SSSR count). The molecule has 1 aliphatic carbocycles. The zero-order chi connectivity index (χ0) is 17.9. The molecule has 1 unspecified atom stereocenters. The van der Waals surface area contributed by atoms with E-state index in [0.717, 1.165) is 38.7 Å². The van der Waals surface area contributed by atoms with Crippen LogP contribution in [0.4, 0.5) is 0 Å². The molecule has 5 nitrogen and oxygen atoms in total. The van der Waals surface area contributed by atoms with Crippen molar-refractivity contribution in [2.75, 3.05) is 0 Å². The van der Waals surface area contributed by atoms with Crippen LogP contribution in [0.2, 0.25) is 0 Å². The Labute approximate surface area is 155 Å². The maximum Gasteiger partial charge on any atom is 0.254 e. The van der Waals surface area contributed by atoms with Crippen LogP contribution in [0.15, 0.2) is 39.7 Å². The summed E-state index contributed by atoms with van der Waals surface area (Å²) in [6.07, 6.45) is 1.38. The Morgan fingerprint density at radius 1 is 1.16 bits per heavy atom. The molecule has 2 aromatic carbocycles. The van der Waals surface area contributed by atoms with E-state index >= 15 is 0 Å². The van der Waals surface area contributed by atoms with E-state index in [-0.39, 0.29) is 16.8 Å². The molecule has 0 bridgehead atoms. The molecule has 0 fully saturated rings. The summed E-state index contributed by atoms with van der Waals surface area (Å²) in [6.45, 7) is 2.55. The van der Waals surface area contributed by atoms with Crippen molar-refractivity contribution in [2.24, 2.45) is 5.14 Å². The molecule has 130 valence electrons. The highest BCUT2D eigenvalue weighted by atomic mass is 79.9. The first-order valence-electron chi connectivity index (χ1n) is 7.98. The predicted molar refractivity (Wildman–Crippen MR) is 97.8 cm³/mol. The third-order valence-corrected chi connectivity index (χ3v) is 6.64. The Hall–Kier alpha value is -1.70. The second-order valence-corrected chi connectivity index (χ2v) is 9.16. The number of benzene rings is 2. The number of nitrogens with zero attached hydrogens (tertiary/aromatic N) is 1. The average Bonchev–Trinajstić information content (AvgIpc) is 3.07. The number of nitrogens with two attached hydrogens (primary N) is 1. The molecule has 2 aromatic rings.